The zero-order valence-electron chi connectivity index (χ0n) is 9.13. The van der Waals surface area contributed by atoms with Crippen LogP contribution in [-0.4, -0.2) is 28.7 Å². The molecule has 0 radical (unpaired) electrons. The Labute approximate surface area is 89.2 Å². The van der Waals surface area contributed by atoms with Crippen LogP contribution < -0.4 is 10.6 Å². The van der Waals surface area contributed by atoms with Crippen molar-refractivity contribution < 1.29 is 14.7 Å². The molecule has 0 saturated heterocycles. The average Bonchev–Trinajstić information content (AvgIpc) is 2.02. The van der Waals surface area contributed by atoms with E-state index in [9.17, 15) is 9.59 Å². The number of carbonyl (C=O) groups is 2. The van der Waals surface area contributed by atoms with Crippen molar-refractivity contribution in [2.45, 2.75) is 38.8 Å². The molecular weight excluding hydrogens is 196 g/mol. The highest BCUT2D eigenvalue weighted by Gasteiger charge is 2.29. The molecule has 0 aliphatic heterocycles. The van der Waals surface area contributed by atoms with Crippen molar-refractivity contribution in [3.8, 4) is 12.3 Å². The van der Waals surface area contributed by atoms with Gasteiger partial charge in [-0.3, -0.25) is 0 Å². The molecule has 0 aliphatic carbocycles. The summed E-state index contributed by atoms with van der Waals surface area (Å²) in [5.41, 5.74) is -1.29. The van der Waals surface area contributed by atoms with E-state index in [1.165, 1.54) is 13.8 Å². The van der Waals surface area contributed by atoms with Crippen LogP contribution >= 0.6 is 0 Å². The van der Waals surface area contributed by atoms with E-state index in [1.807, 2.05) is 0 Å². The molecule has 84 valence electrons. The molecule has 0 fully saturated rings. The first-order valence-electron chi connectivity index (χ1n) is 4.55. The summed E-state index contributed by atoms with van der Waals surface area (Å²) < 4.78 is 0. The molecule has 5 nitrogen and oxygen atoms in total. The summed E-state index contributed by atoms with van der Waals surface area (Å²) in [6.45, 7) is 4.55. The van der Waals surface area contributed by atoms with E-state index in [1.54, 1.807) is 6.92 Å². The number of carbonyl (C=O) groups excluding carboxylic acids is 1. The fraction of sp³-hybridized carbons (Fsp3) is 0.600. The molecule has 0 aromatic heterocycles. The summed E-state index contributed by atoms with van der Waals surface area (Å²) >= 11 is 0. The molecule has 0 spiro atoms. The molecule has 0 bridgehead atoms. The topological polar surface area (TPSA) is 78.4 Å². The molecule has 1 unspecified atom stereocenters. The van der Waals surface area contributed by atoms with Crippen molar-refractivity contribution in [3.63, 3.8) is 0 Å². The summed E-state index contributed by atoms with van der Waals surface area (Å²) in [5.74, 6) is 1.30. The maximum atomic E-state index is 11.3. The van der Waals surface area contributed by atoms with E-state index in [0.717, 1.165) is 0 Å². The number of hydrogen-bond donors (Lipinski definition) is 3. The second kappa shape index (κ2) is 5.25. The fourth-order valence-corrected chi connectivity index (χ4v) is 0.825. The van der Waals surface area contributed by atoms with E-state index in [0.29, 0.717) is 6.42 Å². The largest absolute Gasteiger partial charge is 0.480 e. The lowest BCUT2D eigenvalue weighted by atomic mass is 10.1. The van der Waals surface area contributed by atoms with Crippen molar-refractivity contribution in [1.29, 1.82) is 0 Å². The van der Waals surface area contributed by atoms with Gasteiger partial charge in [0, 0.05) is 12.5 Å². The third-order valence-corrected chi connectivity index (χ3v) is 1.76. The molecule has 5 heteroatoms. The second-order valence-corrected chi connectivity index (χ2v) is 3.84. The Bertz CT molecular complexity index is 292. The zero-order chi connectivity index (χ0) is 12.1. The highest BCUT2D eigenvalue weighted by Crippen LogP contribution is 2.01. The van der Waals surface area contributed by atoms with Gasteiger partial charge in [-0.15, -0.1) is 12.3 Å². The third kappa shape index (κ3) is 4.91. The van der Waals surface area contributed by atoms with E-state index in [4.69, 9.17) is 11.5 Å². The number of terminal acetylenes is 1. The van der Waals surface area contributed by atoms with Gasteiger partial charge >= 0.3 is 12.0 Å². The highest BCUT2D eigenvalue weighted by atomic mass is 16.4. The van der Waals surface area contributed by atoms with Crippen LogP contribution in [-0.2, 0) is 4.79 Å². The Balaban J connectivity index is 4.16. The predicted molar refractivity (Wildman–Crippen MR) is 56.3 cm³/mol. The van der Waals surface area contributed by atoms with Gasteiger partial charge in [0.2, 0.25) is 0 Å². The van der Waals surface area contributed by atoms with Crippen LogP contribution in [0.4, 0.5) is 4.79 Å². The minimum Gasteiger partial charge on any atom is -0.480 e. The van der Waals surface area contributed by atoms with Crippen LogP contribution in [0.1, 0.15) is 27.2 Å². The predicted octanol–water partition coefficient (Wildman–Crippen LogP) is 0.561. The molecular formula is C10H16N2O3. The lowest BCUT2D eigenvalue weighted by Crippen LogP contribution is -2.54. The van der Waals surface area contributed by atoms with Gasteiger partial charge in [-0.05, 0) is 20.8 Å². The molecule has 0 aromatic carbocycles. The van der Waals surface area contributed by atoms with Gasteiger partial charge in [0.15, 0.2) is 0 Å². The first kappa shape index (κ1) is 13.3. The van der Waals surface area contributed by atoms with Crippen LogP contribution in [0.25, 0.3) is 0 Å². The zero-order valence-corrected chi connectivity index (χ0v) is 9.13. The Morgan fingerprint density at radius 1 is 1.53 bits per heavy atom. The molecule has 3 N–H and O–H groups in total. The molecule has 0 heterocycles. The summed E-state index contributed by atoms with van der Waals surface area (Å²) in [7, 11) is 0. The summed E-state index contributed by atoms with van der Waals surface area (Å²) in [6, 6.07) is -0.718. The highest BCUT2D eigenvalue weighted by molar-refractivity contribution is 5.85. The number of aliphatic carboxylic acids is 1. The Kier molecular flexibility index (Phi) is 4.65. The smallest absolute Gasteiger partial charge is 0.328 e. The van der Waals surface area contributed by atoms with Crippen molar-refractivity contribution in [3.05, 3.63) is 0 Å². The maximum absolute atomic E-state index is 11.3. The minimum absolute atomic E-state index is 0.181. The number of urea groups is 1. The quantitative estimate of drug-likeness (QED) is 0.596. The molecule has 0 saturated carbocycles. The number of carboxylic acid groups (broad SMARTS) is 1. The number of nitrogens with one attached hydrogen (secondary N) is 2. The summed E-state index contributed by atoms with van der Waals surface area (Å²) in [4.78, 5) is 22.0. The standard InChI is InChI=1S/C10H16N2O3/c1-5-6-7(2)11-9(15)12-10(3,4)8(13)14/h1,7H,6H2,2-4H3,(H,13,14)(H2,11,12,15). The van der Waals surface area contributed by atoms with E-state index in [2.05, 4.69) is 16.6 Å². The van der Waals surface area contributed by atoms with Gasteiger partial charge in [0.05, 0.1) is 0 Å². The monoisotopic (exact) mass is 212 g/mol. The SMILES string of the molecule is C#CCC(C)NC(=O)NC(C)(C)C(=O)O. The van der Waals surface area contributed by atoms with Crippen molar-refractivity contribution in [2.24, 2.45) is 0 Å². The maximum Gasteiger partial charge on any atom is 0.328 e. The van der Waals surface area contributed by atoms with Gasteiger partial charge in [-0.1, -0.05) is 0 Å². The van der Waals surface area contributed by atoms with Crippen LogP contribution in [0.5, 0.6) is 0 Å². The number of rotatable bonds is 4. The van der Waals surface area contributed by atoms with Crippen molar-refractivity contribution >= 4 is 12.0 Å². The van der Waals surface area contributed by atoms with Crippen molar-refractivity contribution in [1.82, 2.24) is 10.6 Å². The van der Waals surface area contributed by atoms with Gasteiger partial charge in [-0.25, -0.2) is 9.59 Å². The summed E-state index contributed by atoms with van der Waals surface area (Å²) in [6.07, 6.45) is 5.47. The first-order valence-corrected chi connectivity index (χ1v) is 4.55. The van der Waals surface area contributed by atoms with Crippen molar-refractivity contribution in [2.75, 3.05) is 0 Å². The normalized spacial score (nSPS) is 12.4. The molecule has 0 aliphatic rings. The van der Waals surface area contributed by atoms with Gasteiger partial charge in [-0.2, -0.15) is 0 Å². The van der Waals surface area contributed by atoms with E-state index in [-0.39, 0.29) is 6.04 Å². The Morgan fingerprint density at radius 2 is 2.07 bits per heavy atom. The lowest BCUT2D eigenvalue weighted by molar-refractivity contribution is -0.142. The Morgan fingerprint density at radius 3 is 2.47 bits per heavy atom. The summed E-state index contributed by atoms with van der Waals surface area (Å²) in [5, 5.41) is 13.6. The van der Waals surface area contributed by atoms with E-state index < -0.39 is 17.5 Å². The molecule has 2 amide bonds. The Hall–Kier alpha value is -1.70. The fourth-order valence-electron chi connectivity index (χ4n) is 0.825. The number of amides is 2. The molecule has 15 heavy (non-hydrogen) atoms. The number of hydrogen-bond acceptors (Lipinski definition) is 2. The van der Waals surface area contributed by atoms with Gasteiger partial charge in [0.25, 0.3) is 0 Å². The first-order chi connectivity index (χ1) is 6.79. The van der Waals surface area contributed by atoms with E-state index >= 15 is 0 Å². The van der Waals surface area contributed by atoms with Crippen LogP contribution in [0.3, 0.4) is 0 Å². The number of carboxylic acids is 1. The molecule has 0 aromatic rings. The van der Waals surface area contributed by atoms with Crippen LogP contribution in [0.2, 0.25) is 0 Å². The van der Waals surface area contributed by atoms with Crippen LogP contribution in [0.15, 0.2) is 0 Å². The molecule has 0 rings (SSSR count). The second-order valence-electron chi connectivity index (χ2n) is 3.84. The van der Waals surface area contributed by atoms with Gasteiger partial charge < -0.3 is 15.7 Å². The average molecular weight is 212 g/mol. The molecule has 1 atom stereocenters. The lowest BCUT2D eigenvalue weighted by Gasteiger charge is -2.22. The third-order valence-electron chi connectivity index (χ3n) is 1.76. The minimum atomic E-state index is -1.29. The van der Waals surface area contributed by atoms with Gasteiger partial charge in [0.1, 0.15) is 5.54 Å². The van der Waals surface area contributed by atoms with Crippen LogP contribution in [0, 0.1) is 12.3 Å².